The number of aromatic hydroxyl groups is 1. The van der Waals surface area contributed by atoms with E-state index >= 15 is 0 Å². The first-order chi connectivity index (χ1) is 17.8. The number of ketones is 1. The SMILES string of the molecule is CC(=O)c1cnc2ccc(-c3cc(Cl)c(O)c(Cl)c3)nc2c1Nc1ccc(CN2CCN(C)CC2)cc1. The Morgan fingerprint density at radius 1 is 1.03 bits per heavy atom. The van der Waals surface area contributed by atoms with Gasteiger partial charge in [-0.25, -0.2) is 4.98 Å². The van der Waals surface area contributed by atoms with Gasteiger partial charge in [0.05, 0.1) is 32.5 Å². The molecule has 2 aromatic carbocycles. The van der Waals surface area contributed by atoms with Crippen LogP contribution in [-0.2, 0) is 6.54 Å². The summed E-state index contributed by atoms with van der Waals surface area (Å²) in [5.74, 6) is -0.293. The number of pyridine rings is 2. The number of hydrogen-bond acceptors (Lipinski definition) is 7. The van der Waals surface area contributed by atoms with Crippen LogP contribution in [0.2, 0.25) is 10.0 Å². The molecule has 0 amide bonds. The van der Waals surface area contributed by atoms with E-state index < -0.39 is 0 Å². The molecule has 0 aliphatic carbocycles. The number of aromatic nitrogens is 2. The van der Waals surface area contributed by atoms with E-state index in [1.807, 2.05) is 18.2 Å². The van der Waals surface area contributed by atoms with E-state index in [2.05, 4.69) is 39.3 Å². The average molecular weight is 536 g/mol. The first-order valence-corrected chi connectivity index (χ1v) is 12.8. The highest BCUT2D eigenvalue weighted by Crippen LogP contribution is 2.37. The third-order valence-corrected chi connectivity index (χ3v) is 7.21. The fourth-order valence-electron chi connectivity index (χ4n) is 4.44. The van der Waals surface area contributed by atoms with Crippen LogP contribution < -0.4 is 5.32 Å². The van der Waals surface area contributed by atoms with Crippen molar-refractivity contribution in [3.8, 4) is 17.0 Å². The van der Waals surface area contributed by atoms with Crippen LogP contribution in [0.15, 0.2) is 54.7 Å². The summed E-state index contributed by atoms with van der Waals surface area (Å²) in [6.07, 6.45) is 1.57. The van der Waals surface area contributed by atoms with Crippen molar-refractivity contribution in [2.24, 2.45) is 0 Å². The van der Waals surface area contributed by atoms with Crippen molar-refractivity contribution in [1.82, 2.24) is 19.8 Å². The number of carbonyl (C=O) groups is 1. The van der Waals surface area contributed by atoms with E-state index in [4.69, 9.17) is 28.2 Å². The van der Waals surface area contributed by atoms with Gasteiger partial charge >= 0.3 is 0 Å². The standard InChI is InChI=1S/C28H27Cl2N5O2/c1-17(36)21-15-31-25-8-7-24(19-13-22(29)28(37)23(30)14-19)33-27(25)26(21)32-20-5-3-18(4-6-20)16-35-11-9-34(2)10-12-35/h3-8,13-15,37H,9-12,16H2,1-2H3,(H,31,32). The number of Topliss-reactive ketones (excluding diaryl/α,β-unsaturated/α-hetero) is 1. The van der Waals surface area contributed by atoms with Gasteiger partial charge in [-0.1, -0.05) is 35.3 Å². The Balaban J connectivity index is 1.48. The fraction of sp³-hybridized carbons (Fsp3) is 0.250. The van der Waals surface area contributed by atoms with E-state index in [9.17, 15) is 9.90 Å². The number of fused-ring (bicyclic) bond motifs is 1. The van der Waals surface area contributed by atoms with Crippen molar-refractivity contribution in [1.29, 1.82) is 0 Å². The molecule has 0 radical (unpaired) electrons. The van der Waals surface area contributed by atoms with Crippen LogP contribution >= 0.6 is 23.2 Å². The molecule has 2 aromatic heterocycles. The number of piperazine rings is 1. The minimum Gasteiger partial charge on any atom is -0.505 e. The molecule has 37 heavy (non-hydrogen) atoms. The van der Waals surface area contributed by atoms with E-state index in [0.29, 0.717) is 33.5 Å². The molecule has 0 spiro atoms. The maximum absolute atomic E-state index is 12.5. The third-order valence-electron chi connectivity index (χ3n) is 6.63. The summed E-state index contributed by atoms with van der Waals surface area (Å²) >= 11 is 12.3. The number of rotatable bonds is 6. The van der Waals surface area contributed by atoms with Crippen molar-refractivity contribution in [3.63, 3.8) is 0 Å². The Labute approximate surface area is 225 Å². The molecule has 4 aromatic rings. The summed E-state index contributed by atoms with van der Waals surface area (Å²) in [7, 11) is 2.16. The summed E-state index contributed by atoms with van der Waals surface area (Å²) in [4.78, 5) is 26.6. The minimum atomic E-state index is -0.174. The normalized spacial score (nSPS) is 14.7. The zero-order chi connectivity index (χ0) is 26.1. The van der Waals surface area contributed by atoms with Crippen LogP contribution in [0.4, 0.5) is 11.4 Å². The summed E-state index contributed by atoms with van der Waals surface area (Å²) in [5, 5.41) is 13.6. The Hall–Kier alpha value is -3.23. The molecule has 1 aliphatic rings. The van der Waals surface area contributed by atoms with Gasteiger partial charge in [-0.15, -0.1) is 0 Å². The molecule has 1 aliphatic heterocycles. The average Bonchev–Trinajstić information content (AvgIpc) is 2.89. The maximum Gasteiger partial charge on any atom is 0.163 e. The van der Waals surface area contributed by atoms with Crippen LogP contribution in [0, 0.1) is 0 Å². The van der Waals surface area contributed by atoms with Crippen LogP contribution in [0.1, 0.15) is 22.8 Å². The highest BCUT2D eigenvalue weighted by atomic mass is 35.5. The molecule has 0 bridgehead atoms. The Bertz CT molecular complexity index is 1440. The zero-order valence-electron chi connectivity index (χ0n) is 20.6. The van der Waals surface area contributed by atoms with E-state index in [1.165, 1.54) is 12.5 Å². The summed E-state index contributed by atoms with van der Waals surface area (Å²) in [6, 6.07) is 15.1. The second-order valence-electron chi connectivity index (χ2n) is 9.36. The fourth-order valence-corrected chi connectivity index (χ4v) is 4.92. The zero-order valence-corrected chi connectivity index (χ0v) is 22.1. The predicted molar refractivity (Wildman–Crippen MR) is 149 cm³/mol. The van der Waals surface area contributed by atoms with E-state index in [0.717, 1.165) is 38.4 Å². The van der Waals surface area contributed by atoms with Gasteiger partial charge in [0.25, 0.3) is 0 Å². The smallest absolute Gasteiger partial charge is 0.163 e. The Morgan fingerprint density at radius 3 is 2.35 bits per heavy atom. The number of nitrogens with one attached hydrogen (secondary N) is 1. The second-order valence-corrected chi connectivity index (χ2v) is 10.2. The minimum absolute atomic E-state index is 0.119. The number of likely N-dealkylation sites (N-methyl/N-ethyl adjacent to an activating group) is 1. The van der Waals surface area contributed by atoms with Crippen LogP contribution in [0.25, 0.3) is 22.3 Å². The molecule has 190 valence electrons. The lowest BCUT2D eigenvalue weighted by Crippen LogP contribution is -2.43. The first-order valence-electron chi connectivity index (χ1n) is 12.0. The van der Waals surface area contributed by atoms with Gasteiger partial charge in [0, 0.05) is 50.2 Å². The number of carbonyl (C=O) groups excluding carboxylic acids is 1. The number of halogens is 2. The summed E-state index contributed by atoms with van der Waals surface area (Å²) < 4.78 is 0. The van der Waals surface area contributed by atoms with Gasteiger partial charge in [0.2, 0.25) is 0 Å². The molecule has 0 unspecified atom stereocenters. The number of anilines is 2. The van der Waals surface area contributed by atoms with Crippen molar-refractivity contribution in [2.75, 3.05) is 38.5 Å². The molecule has 7 nitrogen and oxygen atoms in total. The van der Waals surface area contributed by atoms with Crippen LogP contribution in [-0.4, -0.2) is 63.9 Å². The molecule has 1 saturated heterocycles. The monoisotopic (exact) mass is 535 g/mol. The molecule has 5 rings (SSSR count). The van der Waals surface area contributed by atoms with Crippen molar-refractivity contribution < 1.29 is 9.90 Å². The van der Waals surface area contributed by atoms with E-state index in [1.54, 1.807) is 24.4 Å². The lowest BCUT2D eigenvalue weighted by molar-refractivity contribution is 0.101. The topological polar surface area (TPSA) is 81.6 Å². The molecule has 0 saturated carbocycles. The summed E-state index contributed by atoms with van der Waals surface area (Å²) in [5.41, 5.74) is 5.53. The van der Waals surface area contributed by atoms with Gasteiger partial charge in [-0.2, -0.15) is 0 Å². The van der Waals surface area contributed by atoms with Crippen LogP contribution in [0.5, 0.6) is 5.75 Å². The Kier molecular flexibility index (Phi) is 7.31. The number of phenols is 1. The van der Waals surface area contributed by atoms with Gasteiger partial charge in [0.15, 0.2) is 11.5 Å². The lowest BCUT2D eigenvalue weighted by Gasteiger charge is -2.32. The van der Waals surface area contributed by atoms with Gasteiger partial charge < -0.3 is 15.3 Å². The number of phenolic OH excluding ortho intramolecular Hbond substituents is 1. The number of benzene rings is 2. The quantitative estimate of drug-likeness (QED) is 0.293. The molecular weight excluding hydrogens is 509 g/mol. The van der Waals surface area contributed by atoms with Crippen LogP contribution in [0.3, 0.4) is 0 Å². The molecule has 0 atom stereocenters. The van der Waals surface area contributed by atoms with Gasteiger partial charge in [-0.05, 0) is 55.9 Å². The van der Waals surface area contributed by atoms with Crippen molar-refractivity contribution in [2.45, 2.75) is 13.5 Å². The van der Waals surface area contributed by atoms with Crippen molar-refractivity contribution in [3.05, 3.63) is 75.9 Å². The molecular formula is C28H27Cl2N5O2. The largest absolute Gasteiger partial charge is 0.505 e. The van der Waals surface area contributed by atoms with E-state index in [-0.39, 0.29) is 21.6 Å². The molecule has 9 heteroatoms. The molecule has 3 heterocycles. The number of nitrogens with zero attached hydrogens (tertiary/aromatic N) is 4. The first kappa shape index (κ1) is 25.4. The van der Waals surface area contributed by atoms with Gasteiger partial charge in [0.1, 0.15) is 5.52 Å². The highest BCUT2D eigenvalue weighted by Gasteiger charge is 2.17. The second kappa shape index (κ2) is 10.6. The van der Waals surface area contributed by atoms with Gasteiger partial charge in [-0.3, -0.25) is 14.7 Å². The molecule has 1 fully saturated rings. The third kappa shape index (κ3) is 5.55. The summed E-state index contributed by atoms with van der Waals surface area (Å²) in [6.45, 7) is 6.71. The Morgan fingerprint density at radius 2 is 1.70 bits per heavy atom. The molecule has 2 N–H and O–H groups in total. The van der Waals surface area contributed by atoms with Crippen molar-refractivity contribution >= 4 is 51.4 Å². The number of hydrogen-bond donors (Lipinski definition) is 2. The highest BCUT2D eigenvalue weighted by molar-refractivity contribution is 6.37. The predicted octanol–water partition coefficient (Wildman–Crippen LogP) is 6.00. The lowest BCUT2D eigenvalue weighted by atomic mass is 10.1. The maximum atomic E-state index is 12.5.